The molecule has 1 aromatic heterocycles. The molecule has 9 nitrogen and oxygen atoms in total. The fraction of sp³-hybridized carbons (Fsp3) is 0.160. The lowest BCUT2D eigenvalue weighted by molar-refractivity contribution is -0.147. The van der Waals surface area contributed by atoms with Gasteiger partial charge in [0, 0.05) is 4.88 Å². The van der Waals surface area contributed by atoms with Gasteiger partial charge in [0.2, 0.25) is 0 Å². The Balaban J connectivity index is 1.39. The number of benzene rings is 2. The highest BCUT2D eigenvalue weighted by Gasteiger charge is 2.36. The summed E-state index contributed by atoms with van der Waals surface area (Å²) in [6.45, 7) is 0.557. The van der Waals surface area contributed by atoms with Gasteiger partial charge in [-0.05, 0) is 30.7 Å². The Labute approximate surface area is 204 Å². The predicted molar refractivity (Wildman–Crippen MR) is 127 cm³/mol. The molecular formula is C25H20N2O7S. The number of fused-ring (bicyclic) bond motifs is 1. The smallest absolute Gasteiger partial charge is 0.350 e. The van der Waals surface area contributed by atoms with Crippen LogP contribution in [0.1, 0.15) is 37.3 Å². The number of rotatable bonds is 8. The summed E-state index contributed by atoms with van der Waals surface area (Å²) >= 11 is 1.16. The van der Waals surface area contributed by atoms with Crippen LogP contribution in [0, 0.1) is 0 Å². The highest BCUT2D eigenvalue weighted by Crippen LogP contribution is 2.35. The van der Waals surface area contributed by atoms with E-state index in [4.69, 9.17) is 9.47 Å². The number of anilines is 1. The summed E-state index contributed by atoms with van der Waals surface area (Å²) in [4.78, 5) is 63.5. The second kappa shape index (κ2) is 10.3. The SMILES string of the molecule is CCOC(=O)c1sc(-c2ccccc2)cc1NC(=O)COC(=O)CN1C(=O)c2ccccc2C1=O. The molecule has 0 bridgehead atoms. The average molecular weight is 493 g/mol. The molecule has 10 heteroatoms. The van der Waals surface area contributed by atoms with Crippen LogP contribution in [0.15, 0.2) is 60.7 Å². The van der Waals surface area contributed by atoms with Gasteiger partial charge < -0.3 is 14.8 Å². The van der Waals surface area contributed by atoms with Crippen LogP contribution in [-0.4, -0.2) is 54.3 Å². The molecule has 0 saturated heterocycles. The van der Waals surface area contributed by atoms with E-state index in [0.717, 1.165) is 26.7 Å². The quantitative estimate of drug-likeness (QED) is 0.378. The van der Waals surface area contributed by atoms with E-state index in [1.54, 1.807) is 25.1 Å². The summed E-state index contributed by atoms with van der Waals surface area (Å²) < 4.78 is 10.0. The van der Waals surface area contributed by atoms with E-state index in [9.17, 15) is 24.0 Å². The maximum Gasteiger partial charge on any atom is 0.350 e. The van der Waals surface area contributed by atoms with Crippen LogP contribution in [0.2, 0.25) is 0 Å². The van der Waals surface area contributed by atoms with Gasteiger partial charge in [-0.3, -0.25) is 24.1 Å². The van der Waals surface area contributed by atoms with Crippen LogP contribution in [0.5, 0.6) is 0 Å². The second-order valence-electron chi connectivity index (χ2n) is 7.39. The molecule has 2 aromatic carbocycles. The van der Waals surface area contributed by atoms with Gasteiger partial charge in [-0.15, -0.1) is 11.3 Å². The molecule has 0 saturated carbocycles. The summed E-state index contributed by atoms with van der Waals surface area (Å²) in [5.41, 5.74) is 1.51. The van der Waals surface area contributed by atoms with Crippen molar-refractivity contribution in [1.29, 1.82) is 0 Å². The van der Waals surface area contributed by atoms with Crippen molar-refractivity contribution in [3.63, 3.8) is 0 Å². The molecule has 4 rings (SSSR count). The molecule has 1 N–H and O–H groups in total. The Kier molecular flexibility index (Phi) is 7.02. The van der Waals surface area contributed by atoms with Crippen molar-refractivity contribution in [3.8, 4) is 10.4 Å². The molecule has 2 heterocycles. The lowest BCUT2D eigenvalue weighted by atomic mass is 10.1. The number of imide groups is 1. The Morgan fingerprint density at radius 3 is 2.17 bits per heavy atom. The van der Waals surface area contributed by atoms with E-state index in [-0.39, 0.29) is 28.3 Å². The Bertz CT molecular complexity index is 1280. The van der Waals surface area contributed by atoms with E-state index in [1.165, 1.54) is 12.1 Å². The van der Waals surface area contributed by atoms with Crippen molar-refractivity contribution in [2.45, 2.75) is 6.92 Å². The molecule has 0 aliphatic carbocycles. The lowest BCUT2D eigenvalue weighted by Crippen LogP contribution is -2.36. The van der Waals surface area contributed by atoms with Crippen LogP contribution in [0.3, 0.4) is 0 Å². The van der Waals surface area contributed by atoms with Crippen molar-refractivity contribution in [2.24, 2.45) is 0 Å². The minimum absolute atomic E-state index is 0.167. The Morgan fingerprint density at radius 1 is 0.914 bits per heavy atom. The van der Waals surface area contributed by atoms with Crippen LogP contribution in [0.4, 0.5) is 5.69 Å². The third-order valence-electron chi connectivity index (χ3n) is 5.05. The maximum atomic E-state index is 12.5. The first-order valence-corrected chi connectivity index (χ1v) is 11.5. The van der Waals surface area contributed by atoms with E-state index in [0.29, 0.717) is 0 Å². The molecule has 35 heavy (non-hydrogen) atoms. The Hall–Kier alpha value is -4.31. The predicted octanol–water partition coefficient (Wildman–Crippen LogP) is 3.37. The molecule has 0 unspecified atom stereocenters. The zero-order valence-electron chi connectivity index (χ0n) is 18.6. The molecule has 0 spiro atoms. The number of carbonyl (C=O) groups excluding carboxylic acids is 5. The van der Waals surface area contributed by atoms with Gasteiger partial charge in [0.15, 0.2) is 6.61 Å². The maximum absolute atomic E-state index is 12.5. The molecule has 178 valence electrons. The summed E-state index contributed by atoms with van der Waals surface area (Å²) in [5, 5.41) is 2.57. The third kappa shape index (κ3) is 5.12. The van der Waals surface area contributed by atoms with Crippen molar-refractivity contribution in [2.75, 3.05) is 25.1 Å². The Morgan fingerprint density at radius 2 is 1.54 bits per heavy atom. The topological polar surface area (TPSA) is 119 Å². The van der Waals surface area contributed by atoms with Gasteiger partial charge in [-0.1, -0.05) is 42.5 Å². The van der Waals surface area contributed by atoms with E-state index in [2.05, 4.69) is 5.32 Å². The van der Waals surface area contributed by atoms with Crippen molar-refractivity contribution < 1.29 is 33.4 Å². The first kappa shape index (κ1) is 23.8. The highest BCUT2D eigenvalue weighted by atomic mass is 32.1. The minimum atomic E-state index is -0.921. The largest absolute Gasteiger partial charge is 0.462 e. The number of hydrogen-bond donors (Lipinski definition) is 1. The number of nitrogens with one attached hydrogen (secondary N) is 1. The fourth-order valence-electron chi connectivity index (χ4n) is 3.47. The first-order chi connectivity index (χ1) is 16.9. The normalized spacial score (nSPS) is 12.3. The summed E-state index contributed by atoms with van der Waals surface area (Å²) in [5.74, 6) is -3.40. The fourth-order valence-corrected chi connectivity index (χ4v) is 4.48. The lowest BCUT2D eigenvalue weighted by Gasteiger charge is -2.13. The monoisotopic (exact) mass is 492 g/mol. The van der Waals surface area contributed by atoms with E-state index >= 15 is 0 Å². The molecule has 0 atom stereocenters. The molecular weight excluding hydrogens is 472 g/mol. The molecule has 0 radical (unpaired) electrons. The highest BCUT2D eigenvalue weighted by molar-refractivity contribution is 7.18. The number of ether oxygens (including phenoxy) is 2. The second-order valence-corrected chi connectivity index (χ2v) is 8.44. The number of amides is 3. The average Bonchev–Trinajstić information content (AvgIpc) is 3.39. The molecule has 3 aromatic rings. The van der Waals surface area contributed by atoms with Gasteiger partial charge in [0.05, 0.1) is 23.4 Å². The summed E-state index contributed by atoms with van der Waals surface area (Å²) in [7, 11) is 0. The summed E-state index contributed by atoms with van der Waals surface area (Å²) in [6.07, 6.45) is 0. The number of hydrogen-bond acceptors (Lipinski definition) is 8. The molecule has 0 fully saturated rings. The third-order valence-corrected chi connectivity index (χ3v) is 6.22. The van der Waals surface area contributed by atoms with Gasteiger partial charge in [-0.2, -0.15) is 0 Å². The van der Waals surface area contributed by atoms with Crippen LogP contribution < -0.4 is 5.32 Å². The summed E-state index contributed by atoms with van der Waals surface area (Å²) in [6, 6.07) is 17.2. The molecule has 1 aliphatic heterocycles. The number of carbonyl (C=O) groups is 5. The van der Waals surface area contributed by atoms with Gasteiger partial charge >= 0.3 is 11.9 Å². The number of nitrogens with zero attached hydrogens (tertiary/aromatic N) is 1. The van der Waals surface area contributed by atoms with Crippen LogP contribution in [-0.2, 0) is 19.1 Å². The van der Waals surface area contributed by atoms with Gasteiger partial charge in [0.1, 0.15) is 11.4 Å². The van der Waals surface area contributed by atoms with Crippen molar-refractivity contribution >= 4 is 46.7 Å². The number of esters is 2. The van der Waals surface area contributed by atoms with Crippen molar-refractivity contribution in [1.82, 2.24) is 4.90 Å². The molecule has 3 amide bonds. The van der Waals surface area contributed by atoms with E-state index in [1.807, 2.05) is 30.3 Å². The van der Waals surface area contributed by atoms with Gasteiger partial charge in [0.25, 0.3) is 17.7 Å². The van der Waals surface area contributed by atoms with Gasteiger partial charge in [-0.25, -0.2) is 4.79 Å². The first-order valence-electron chi connectivity index (χ1n) is 10.7. The minimum Gasteiger partial charge on any atom is -0.462 e. The number of thiophene rings is 1. The standard InChI is InChI=1S/C25H20N2O7S/c1-2-33-25(32)22-18(12-19(35-22)15-8-4-3-5-9-15)26-20(28)14-34-21(29)13-27-23(30)16-10-6-7-11-17(16)24(27)31/h3-12H,2,13-14H2,1H3,(H,26,28). The zero-order valence-corrected chi connectivity index (χ0v) is 19.4. The van der Waals surface area contributed by atoms with Crippen LogP contribution >= 0.6 is 11.3 Å². The zero-order chi connectivity index (χ0) is 24.9. The molecule has 1 aliphatic rings. The van der Waals surface area contributed by atoms with Crippen LogP contribution in [0.25, 0.3) is 10.4 Å². The van der Waals surface area contributed by atoms with Crippen molar-refractivity contribution in [3.05, 3.63) is 76.7 Å². The van der Waals surface area contributed by atoms with E-state index < -0.39 is 42.8 Å².